The molecule has 14 heavy (non-hydrogen) atoms. The van der Waals surface area contributed by atoms with Crippen molar-refractivity contribution in [3.8, 4) is 0 Å². The number of rotatable bonds is 5. The molecule has 0 bridgehead atoms. The summed E-state index contributed by atoms with van der Waals surface area (Å²) in [6.07, 6.45) is 3.14. The van der Waals surface area contributed by atoms with Gasteiger partial charge in [0.1, 0.15) is 12.2 Å². The van der Waals surface area contributed by atoms with Crippen LogP contribution in [-0.2, 0) is 13.0 Å². The molecule has 1 rings (SSSR count). The fraction of sp³-hybridized carbons (Fsp3) is 0.800. The zero-order valence-electron chi connectivity index (χ0n) is 9.14. The maximum absolute atomic E-state index is 9.38. The average molecular weight is 197 g/mol. The van der Waals surface area contributed by atoms with Gasteiger partial charge in [-0.1, -0.05) is 13.8 Å². The first-order valence-electron chi connectivity index (χ1n) is 5.19. The van der Waals surface area contributed by atoms with Gasteiger partial charge in [0.25, 0.3) is 0 Å². The third-order valence-corrected chi connectivity index (χ3v) is 2.46. The van der Waals surface area contributed by atoms with Crippen LogP contribution >= 0.6 is 0 Å². The van der Waals surface area contributed by atoms with Crippen molar-refractivity contribution in [3.05, 3.63) is 12.2 Å². The van der Waals surface area contributed by atoms with E-state index in [0.29, 0.717) is 0 Å². The Hall–Kier alpha value is -0.900. The second-order valence-corrected chi connectivity index (χ2v) is 3.82. The quantitative estimate of drug-likeness (QED) is 0.772. The van der Waals surface area contributed by atoms with Crippen LogP contribution < -0.4 is 0 Å². The number of aliphatic hydroxyl groups is 1. The lowest BCUT2D eigenvalue weighted by Gasteiger charge is -2.14. The standard InChI is InChI=1S/C10H19N3O/c1-4-5-13-10(11-7-12-13)6-8(2)9(3)14/h7-9,14H,4-6H2,1-3H3. The molecular formula is C10H19N3O. The highest BCUT2D eigenvalue weighted by atomic mass is 16.3. The molecule has 0 fully saturated rings. The van der Waals surface area contributed by atoms with Crippen LogP contribution in [-0.4, -0.2) is 26.0 Å². The monoisotopic (exact) mass is 197 g/mol. The lowest BCUT2D eigenvalue weighted by Crippen LogP contribution is -2.18. The lowest BCUT2D eigenvalue weighted by atomic mass is 10.0. The van der Waals surface area contributed by atoms with Crippen molar-refractivity contribution < 1.29 is 5.11 Å². The summed E-state index contributed by atoms with van der Waals surface area (Å²) in [5.74, 6) is 1.20. The zero-order chi connectivity index (χ0) is 10.6. The van der Waals surface area contributed by atoms with E-state index < -0.39 is 0 Å². The summed E-state index contributed by atoms with van der Waals surface area (Å²) in [4.78, 5) is 4.20. The van der Waals surface area contributed by atoms with E-state index >= 15 is 0 Å². The molecule has 1 heterocycles. The number of hydrogen-bond acceptors (Lipinski definition) is 3. The minimum Gasteiger partial charge on any atom is -0.393 e. The fourth-order valence-electron chi connectivity index (χ4n) is 1.30. The third-order valence-electron chi connectivity index (χ3n) is 2.46. The molecule has 1 aromatic heterocycles. The summed E-state index contributed by atoms with van der Waals surface area (Å²) >= 11 is 0. The highest BCUT2D eigenvalue weighted by Crippen LogP contribution is 2.09. The van der Waals surface area contributed by atoms with Crippen molar-refractivity contribution >= 4 is 0 Å². The van der Waals surface area contributed by atoms with Crippen molar-refractivity contribution in [2.24, 2.45) is 5.92 Å². The van der Waals surface area contributed by atoms with Gasteiger partial charge in [-0.15, -0.1) is 0 Å². The average Bonchev–Trinajstić information content (AvgIpc) is 2.53. The molecule has 0 saturated heterocycles. The van der Waals surface area contributed by atoms with Crippen molar-refractivity contribution in [1.29, 1.82) is 0 Å². The van der Waals surface area contributed by atoms with E-state index in [0.717, 1.165) is 25.2 Å². The Morgan fingerprint density at radius 2 is 2.21 bits per heavy atom. The predicted molar refractivity (Wildman–Crippen MR) is 54.9 cm³/mol. The SMILES string of the molecule is CCCn1ncnc1CC(C)C(C)O. The number of aliphatic hydroxyl groups excluding tert-OH is 1. The van der Waals surface area contributed by atoms with Crippen LogP contribution in [0.15, 0.2) is 6.33 Å². The number of aromatic nitrogens is 3. The summed E-state index contributed by atoms with van der Waals surface area (Å²) in [5.41, 5.74) is 0. The number of hydrogen-bond donors (Lipinski definition) is 1. The van der Waals surface area contributed by atoms with Crippen LogP contribution in [0.5, 0.6) is 0 Å². The van der Waals surface area contributed by atoms with Gasteiger partial charge in [-0.05, 0) is 19.3 Å². The normalized spacial score (nSPS) is 15.4. The van der Waals surface area contributed by atoms with E-state index in [9.17, 15) is 5.11 Å². The largest absolute Gasteiger partial charge is 0.393 e. The van der Waals surface area contributed by atoms with Crippen LogP contribution in [0.2, 0.25) is 0 Å². The minimum atomic E-state index is -0.290. The van der Waals surface area contributed by atoms with Crippen molar-refractivity contribution in [2.45, 2.75) is 46.3 Å². The molecule has 2 atom stereocenters. The number of aryl methyl sites for hydroxylation is 1. The highest BCUT2D eigenvalue weighted by molar-refractivity contribution is 4.87. The minimum absolute atomic E-state index is 0.231. The van der Waals surface area contributed by atoms with Crippen LogP contribution in [0, 0.1) is 5.92 Å². The molecule has 0 saturated carbocycles. The predicted octanol–water partition coefficient (Wildman–Crippen LogP) is 1.25. The molecule has 1 aromatic rings. The molecule has 0 aromatic carbocycles. The first-order valence-corrected chi connectivity index (χ1v) is 5.19. The molecule has 2 unspecified atom stereocenters. The van der Waals surface area contributed by atoms with E-state index in [1.165, 1.54) is 0 Å². The molecular weight excluding hydrogens is 178 g/mol. The maximum Gasteiger partial charge on any atom is 0.138 e. The topological polar surface area (TPSA) is 50.9 Å². The van der Waals surface area contributed by atoms with E-state index in [1.807, 2.05) is 18.5 Å². The van der Waals surface area contributed by atoms with Gasteiger partial charge in [0.05, 0.1) is 6.10 Å². The fourth-order valence-corrected chi connectivity index (χ4v) is 1.30. The van der Waals surface area contributed by atoms with Gasteiger partial charge in [0.15, 0.2) is 0 Å². The molecule has 0 radical (unpaired) electrons. The highest BCUT2D eigenvalue weighted by Gasteiger charge is 2.13. The molecule has 0 spiro atoms. The smallest absolute Gasteiger partial charge is 0.138 e. The van der Waals surface area contributed by atoms with E-state index in [1.54, 1.807) is 6.33 Å². The maximum atomic E-state index is 9.38. The number of nitrogens with zero attached hydrogens (tertiary/aromatic N) is 3. The van der Waals surface area contributed by atoms with Gasteiger partial charge in [-0.2, -0.15) is 5.10 Å². The Balaban J connectivity index is 2.61. The third kappa shape index (κ3) is 2.80. The Kier molecular flexibility index (Phi) is 4.07. The van der Waals surface area contributed by atoms with Gasteiger partial charge in [-0.3, -0.25) is 4.68 Å². The summed E-state index contributed by atoms with van der Waals surface area (Å²) in [6, 6.07) is 0. The molecule has 4 heteroatoms. The Morgan fingerprint density at radius 3 is 2.79 bits per heavy atom. The van der Waals surface area contributed by atoms with Crippen LogP contribution in [0.4, 0.5) is 0 Å². The Labute approximate surface area is 85.0 Å². The summed E-state index contributed by atoms with van der Waals surface area (Å²) in [6.45, 7) is 6.85. The molecule has 0 aliphatic carbocycles. The molecule has 0 amide bonds. The first-order chi connectivity index (χ1) is 6.65. The van der Waals surface area contributed by atoms with Crippen LogP contribution in [0.25, 0.3) is 0 Å². The van der Waals surface area contributed by atoms with Crippen molar-refractivity contribution in [1.82, 2.24) is 14.8 Å². The molecule has 1 N–H and O–H groups in total. The van der Waals surface area contributed by atoms with Crippen molar-refractivity contribution in [3.63, 3.8) is 0 Å². The molecule has 0 aliphatic heterocycles. The van der Waals surface area contributed by atoms with Crippen molar-refractivity contribution in [2.75, 3.05) is 0 Å². The van der Waals surface area contributed by atoms with Crippen LogP contribution in [0.3, 0.4) is 0 Å². The summed E-state index contributed by atoms with van der Waals surface area (Å²) < 4.78 is 1.92. The summed E-state index contributed by atoms with van der Waals surface area (Å²) in [7, 11) is 0. The van der Waals surface area contributed by atoms with E-state index in [4.69, 9.17) is 0 Å². The molecule has 0 aliphatic rings. The zero-order valence-corrected chi connectivity index (χ0v) is 9.14. The second-order valence-electron chi connectivity index (χ2n) is 3.82. The van der Waals surface area contributed by atoms with Gasteiger partial charge in [0.2, 0.25) is 0 Å². The van der Waals surface area contributed by atoms with E-state index in [-0.39, 0.29) is 12.0 Å². The van der Waals surface area contributed by atoms with Crippen LogP contribution in [0.1, 0.15) is 33.0 Å². The molecule has 80 valence electrons. The van der Waals surface area contributed by atoms with E-state index in [2.05, 4.69) is 17.0 Å². The van der Waals surface area contributed by atoms with Gasteiger partial charge < -0.3 is 5.11 Å². The van der Waals surface area contributed by atoms with Gasteiger partial charge >= 0.3 is 0 Å². The Bertz CT molecular complexity index is 270. The molecule has 4 nitrogen and oxygen atoms in total. The van der Waals surface area contributed by atoms with Gasteiger partial charge in [0, 0.05) is 13.0 Å². The Morgan fingerprint density at radius 1 is 1.50 bits per heavy atom. The second kappa shape index (κ2) is 5.10. The first kappa shape index (κ1) is 11.2. The lowest BCUT2D eigenvalue weighted by molar-refractivity contribution is 0.133. The van der Waals surface area contributed by atoms with Gasteiger partial charge in [-0.25, -0.2) is 4.98 Å². The summed E-state index contributed by atoms with van der Waals surface area (Å²) in [5, 5.41) is 13.5.